The molecule has 0 amide bonds. The van der Waals surface area contributed by atoms with E-state index in [1.807, 2.05) is 65.0 Å². The average molecular weight is 577 g/mol. The fraction of sp³-hybridized carbons (Fsp3) is 0.472. The van der Waals surface area contributed by atoms with Crippen molar-refractivity contribution in [2.75, 3.05) is 13.7 Å². The molecule has 6 heteroatoms. The summed E-state index contributed by atoms with van der Waals surface area (Å²) < 4.78 is 22.2. The van der Waals surface area contributed by atoms with Crippen LogP contribution in [0.15, 0.2) is 66.7 Å². The van der Waals surface area contributed by atoms with Gasteiger partial charge < -0.3 is 24.1 Å². The molecule has 3 rings (SSSR count). The second-order valence-electron chi connectivity index (χ2n) is 12.2. The van der Waals surface area contributed by atoms with Crippen LogP contribution in [0.3, 0.4) is 0 Å². The molecule has 0 saturated heterocycles. The van der Waals surface area contributed by atoms with Crippen LogP contribution < -0.4 is 9.47 Å². The van der Waals surface area contributed by atoms with Crippen molar-refractivity contribution >= 4 is 5.97 Å². The lowest BCUT2D eigenvalue weighted by Gasteiger charge is -2.27. The minimum atomic E-state index is -0.549. The van der Waals surface area contributed by atoms with E-state index in [2.05, 4.69) is 38.1 Å². The minimum absolute atomic E-state index is 0.125. The average Bonchev–Trinajstić information content (AvgIpc) is 2.94. The highest BCUT2D eigenvalue weighted by Gasteiger charge is 2.23. The van der Waals surface area contributed by atoms with Gasteiger partial charge in [-0.1, -0.05) is 50.2 Å². The molecule has 0 radical (unpaired) electrons. The Bertz CT molecular complexity index is 1260. The lowest BCUT2D eigenvalue weighted by molar-refractivity contribution is -0.157. The predicted octanol–water partition coefficient (Wildman–Crippen LogP) is 8.65. The van der Waals surface area contributed by atoms with Gasteiger partial charge in [-0.3, -0.25) is 0 Å². The third-order valence-corrected chi connectivity index (χ3v) is 7.58. The van der Waals surface area contributed by atoms with E-state index in [1.54, 1.807) is 19.2 Å². The van der Waals surface area contributed by atoms with E-state index in [-0.39, 0.29) is 30.5 Å². The zero-order chi connectivity index (χ0) is 30.9. The number of esters is 1. The van der Waals surface area contributed by atoms with Gasteiger partial charge in [-0.2, -0.15) is 0 Å². The molecule has 0 bridgehead atoms. The number of aryl methyl sites for hydroxylation is 1. The maximum absolute atomic E-state index is 12.2. The van der Waals surface area contributed by atoms with Gasteiger partial charge in [0.05, 0.1) is 0 Å². The summed E-state index contributed by atoms with van der Waals surface area (Å²) in [6.45, 7) is 13.8. The van der Waals surface area contributed by atoms with Crippen LogP contribution >= 0.6 is 0 Å². The van der Waals surface area contributed by atoms with Crippen LogP contribution in [0.2, 0.25) is 0 Å². The van der Waals surface area contributed by atoms with Gasteiger partial charge in [0.2, 0.25) is 0 Å². The summed E-state index contributed by atoms with van der Waals surface area (Å²) >= 11 is 0. The highest BCUT2D eigenvalue weighted by atomic mass is 16.7. The van der Waals surface area contributed by atoms with E-state index in [4.69, 9.17) is 18.9 Å². The van der Waals surface area contributed by atoms with Crippen molar-refractivity contribution in [3.8, 4) is 17.2 Å². The molecule has 3 aromatic rings. The standard InChI is InChI=1S/C36H48O6/c1-9-27(29-10-15-32(37)16-11-29)22-31(20-24(2)28-12-17-33(18-13-28)41-26(4)39-8)30-14-19-34(25(3)21-30)40-23-35(38)42-36(5,6)7/h10-19,21,24,26-27,31,37H,9,20,22-23H2,1-8H3. The number of ether oxygens (including phenoxy) is 4. The van der Waals surface area contributed by atoms with Gasteiger partial charge in [-0.15, -0.1) is 0 Å². The van der Waals surface area contributed by atoms with Crippen LogP contribution in [0, 0.1) is 6.92 Å². The van der Waals surface area contributed by atoms with Crippen LogP contribution in [0.25, 0.3) is 0 Å². The Kier molecular flexibility index (Phi) is 11.9. The van der Waals surface area contributed by atoms with Crippen molar-refractivity contribution in [1.29, 1.82) is 0 Å². The molecule has 0 aliphatic heterocycles. The summed E-state index contributed by atoms with van der Waals surface area (Å²) in [6.07, 6.45) is 2.62. The number of carbonyl (C=O) groups excluding carboxylic acids is 1. The van der Waals surface area contributed by atoms with Gasteiger partial charge in [0.25, 0.3) is 0 Å². The number of rotatable bonds is 14. The highest BCUT2D eigenvalue weighted by molar-refractivity contribution is 5.71. The number of phenolic OH excluding ortho intramolecular Hbond substituents is 1. The fourth-order valence-corrected chi connectivity index (χ4v) is 5.27. The third-order valence-electron chi connectivity index (χ3n) is 7.58. The van der Waals surface area contributed by atoms with Crippen molar-refractivity contribution < 1.29 is 28.8 Å². The summed E-state index contributed by atoms with van der Waals surface area (Å²) in [5.41, 5.74) is 4.17. The van der Waals surface area contributed by atoms with Crippen LogP contribution in [0.1, 0.15) is 101 Å². The zero-order valence-electron chi connectivity index (χ0n) is 26.5. The molecule has 0 aromatic heterocycles. The molecular weight excluding hydrogens is 528 g/mol. The van der Waals surface area contributed by atoms with Gasteiger partial charge in [0.15, 0.2) is 12.9 Å². The molecule has 0 spiro atoms. The van der Waals surface area contributed by atoms with Crippen molar-refractivity contribution in [3.05, 3.63) is 89.0 Å². The number of methoxy groups -OCH3 is 1. The molecule has 0 fully saturated rings. The normalized spacial score (nSPS) is 14.5. The molecular formula is C36H48O6. The number of phenols is 1. The first kappa shape index (κ1) is 33.0. The lowest BCUT2D eigenvalue weighted by atomic mass is 9.78. The molecule has 1 N–H and O–H groups in total. The van der Waals surface area contributed by atoms with Crippen molar-refractivity contribution in [3.63, 3.8) is 0 Å². The monoisotopic (exact) mass is 576 g/mol. The Hall–Kier alpha value is -3.51. The number of hydrogen-bond donors (Lipinski definition) is 1. The SMILES string of the molecule is CCC(CC(CC(C)c1ccc(OC(C)OC)cc1)c1ccc(OCC(=O)OC(C)(C)C)c(C)c1)c1ccc(O)cc1. The van der Waals surface area contributed by atoms with E-state index in [0.29, 0.717) is 17.6 Å². The first-order valence-electron chi connectivity index (χ1n) is 14.9. The third kappa shape index (κ3) is 10.1. The maximum atomic E-state index is 12.2. The Labute approximate surface area is 252 Å². The van der Waals surface area contributed by atoms with Gasteiger partial charge in [0.1, 0.15) is 22.8 Å². The zero-order valence-corrected chi connectivity index (χ0v) is 26.5. The topological polar surface area (TPSA) is 74.2 Å². The van der Waals surface area contributed by atoms with Gasteiger partial charge in [0, 0.05) is 7.11 Å². The van der Waals surface area contributed by atoms with Gasteiger partial charge in [-0.05, 0) is 124 Å². The largest absolute Gasteiger partial charge is 0.508 e. The van der Waals surface area contributed by atoms with Gasteiger partial charge in [-0.25, -0.2) is 4.79 Å². The molecule has 4 unspecified atom stereocenters. The smallest absolute Gasteiger partial charge is 0.344 e. The fourth-order valence-electron chi connectivity index (χ4n) is 5.27. The lowest BCUT2D eigenvalue weighted by Crippen LogP contribution is -2.27. The first-order chi connectivity index (χ1) is 19.9. The number of hydrogen-bond acceptors (Lipinski definition) is 6. The molecule has 0 saturated carbocycles. The number of benzene rings is 3. The van der Waals surface area contributed by atoms with Crippen LogP contribution in [0.4, 0.5) is 0 Å². The van der Waals surface area contributed by atoms with Crippen LogP contribution in [0.5, 0.6) is 17.2 Å². The summed E-state index contributed by atoms with van der Waals surface area (Å²) in [7, 11) is 1.63. The Balaban J connectivity index is 1.83. The predicted molar refractivity (Wildman–Crippen MR) is 168 cm³/mol. The Morgan fingerprint density at radius 2 is 1.48 bits per heavy atom. The van der Waals surface area contributed by atoms with E-state index < -0.39 is 5.60 Å². The summed E-state index contributed by atoms with van der Waals surface area (Å²) in [6, 6.07) is 22.2. The van der Waals surface area contributed by atoms with Gasteiger partial charge >= 0.3 is 5.97 Å². The molecule has 0 heterocycles. The maximum Gasteiger partial charge on any atom is 0.344 e. The quantitative estimate of drug-likeness (QED) is 0.153. The molecule has 6 nitrogen and oxygen atoms in total. The van der Waals surface area contributed by atoms with E-state index >= 15 is 0 Å². The number of aromatic hydroxyl groups is 1. The summed E-state index contributed by atoms with van der Waals surface area (Å²) in [4.78, 5) is 12.2. The summed E-state index contributed by atoms with van der Waals surface area (Å²) in [5, 5.41) is 9.83. The Morgan fingerprint density at radius 3 is 2.05 bits per heavy atom. The molecule has 3 aromatic carbocycles. The molecule has 42 heavy (non-hydrogen) atoms. The minimum Gasteiger partial charge on any atom is -0.508 e. The van der Waals surface area contributed by atoms with Crippen molar-refractivity contribution in [2.24, 2.45) is 0 Å². The van der Waals surface area contributed by atoms with Crippen molar-refractivity contribution in [1.82, 2.24) is 0 Å². The van der Waals surface area contributed by atoms with E-state index in [9.17, 15) is 9.90 Å². The summed E-state index contributed by atoms with van der Waals surface area (Å²) in [5.74, 6) is 2.30. The first-order valence-corrected chi connectivity index (χ1v) is 14.9. The van der Waals surface area contributed by atoms with Crippen LogP contribution in [-0.4, -0.2) is 36.7 Å². The second kappa shape index (κ2) is 15.1. The van der Waals surface area contributed by atoms with Crippen LogP contribution in [-0.2, 0) is 14.3 Å². The molecule has 0 aliphatic rings. The molecule has 0 aliphatic carbocycles. The molecule has 228 valence electrons. The number of carbonyl (C=O) groups is 1. The Morgan fingerprint density at radius 1 is 0.857 bits per heavy atom. The van der Waals surface area contributed by atoms with Crippen molar-refractivity contribution in [2.45, 2.75) is 97.4 Å². The van der Waals surface area contributed by atoms with E-state index in [1.165, 1.54) is 16.7 Å². The van der Waals surface area contributed by atoms with E-state index in [0.717, 1.165) is 30.6 Å². The highest BCUT2D eigenvalue weighted by Crippen LogP contribution is 2.40. The second-order valence-corrected chi connectivity index (χ2v) is 12.2. The molecule has 4 atom stereocenters.